The zero-order valence-electron chi connectivity index (χ0n) is 18.7. The van der Waals surface area contributed by atoms with Gasteiger partial charge in [-0.1, -0.05) is 18.2 Å². The molecule has 0 bridgehead atoms. The number of hydrogen-bond acceptors (Lipinski definition) is 9. The predicted molar refractivity (Wildman–Crippen MR) is 128 cm³/mol. The highest BCUT2D eigenvalue weighted by Crippen LogP contribution is 2.41. The minimum atomic E-state index is -0.996. The van der Waals surface area contributed by atoms with Gasteiger partial charge in [0.25, 0.3) is 5.91 Å². The number of carbonyl (C=O) groups excluding carboxylic acids is 4. The minimum Gasteiger partial charge on any atom is -0.497 e. The van der Waals surface area contributed by atoms with Crippen LogP contribution >= 0.6 is 23.1 Å². The average Bonchev–Trinajstić information content (AvgIpc) is 3.37. The summed E-state index contributed by atoms with van der Waals surface area (Å²) in [6.45, 7) is -0.279. The molecule has 0 spiro atoms. The average molecular weight is 518 g/mol. The van der Waals surface area contributed by atoms with E-state index in [1.807, 2.05) is 17.5 Å². The van der Waals surface area contributed by atoms with Gasteiger partial charge in [0, 0.05) is 16.2 Å². The van der Waals surface area contributed by atoms with E-state index in [4.69, 9.17) is 19.9 Å². The van der Waals surface area contributed by atoms with Crippen LogP contribution in [0.2, 0.25) is 0 Å². The lowest BCUT2D eigenvalue weighted by Crippen LogP contribution is -2.70. The molecule has 1 aromatic heterocycles. The number of β-lactam (4-membered cyclic amide) rings is 1. The summed E-state index contributed by atoms with van der Waals surface area (Å²) in [6.07, 6.45) is -0.826. The number of benzene rings is 1. The van der Waals surface area contributed by atoms with E-state index in [0.717, 1.165) is 10.4 Å². The van der Waals surface area contributed by atoms with Gasteiger partial charge in [0.15, 0.2) is 0 Å². The molecule has 0 aliphatic carbocycles. The minimum absolute atomic E-state index is 0.0114. The van der Waals surface area contributed by atoms with E-state index >= 15 is 0 Å². The van der Waals surface area contributed by atoms with Crippen LogP contribution in [0, 0.1) is 0 Å². The highest BCUT2D eigenvalue weighted by Gasteiger charge is 2.54. The second-order valence-electron chi connectivity index (χ2n) is 7.70. The first-order valence-corrected chi connectivity index (χ1v) is 12.5. The van der Waals surface area contributed by atoms with Crippen molar-refractivity contribution < 1.29 is 33.4 Å². The first-order chi connectivity index (χ1) is 16.9. The van der Waals surface area contributed by atoms with Crippen LogP contribution in [0.3, 0.4) is 0 Å². The number of thioether (sulfide) groups is 1. The quantitative estimate of drug-likeness (QED) is 0.379. The second-order valence-corrected chi connectivity index (χ2v) is 9.83. The maximum absolute atomic E-state index is 13.1. The number of primary amides is 1. The number of nitrogens with two attached hydrogens (primary N) is 1. The largest absolute Gasteiger partial charge is 0.497 e. The number of thiophene rings is 1. The fourth-order valence-electron chi connectivity index (χ4n) is 3.68. The van der Waals surface area contributed by atoms with Gasteiger partial charge in [0.2, 0.25) is 5.91 Å². The number of carbonyl (C=O) groups is 4. The first-order valence-electron chi connectivity index (χ1n) is 10.6. The van der Waals surface area contributed by atoms with Crippen LogP contribution in [-0.2, 0) is 36.9 Å². The maximum Gasteiger partial charge on any atom is 0.404 e. The van der Waals surface area contributed by atoms with Crippen LogP contribution < -0.4 is 15.8 Å². The molecule has 2 aromatic rings. The molecule has 2 atom stereocenters. The molecular formula is C23H23N3O7S2. The van der Waals surface area contributed by atoms with Gasteiger partial charge < -0.3 is 25.3 Å². The van der Waals surface area contributed by atoms with Gasteiger partial charge in [-0.25, -0.2) is 9.59 Å². The van der Waals surface area contributed by atoms with E-state index in [2.05, 4.69) is 5.32 Å². The molecule has 0 radical (unpaired) electrons. The number of nitrogens with one attached hydrogen (secondary N) is 1. The lowest BCUT2D eigenvalue weighted by atomic mass is 10.0. The molecular weight excluding hydrogens is 494 g/mol. The Kier molecular flexibility index (Phi) is 7.61. The number of methoxy groups -OCH3 is 1. The van der Waals surface area contributed by atoms with E-state index in [0.29, 0.717) is 17.1 Å². The Hall–Kier alpha value is -3.51. The van der Waals surface area contributed by atoms with Crippen LogP contribution in [-0.4, -0.2) is 59.7 Å². The number of hydrogen-bond donors (Lipinski definition) is 2. The Morgan fingerprint density at radius 3 is 2.57 bits per heavy atom. The Morgan fingerprint density at radius 2 is 1.91 bits per heavy atom. The lowest BCUT2D eigenvalue weighted by Gasteiger charge is -2.49. The molecule has 3 heterocycles. The molecule has 4 rings (SSSR count). The number of nitrogens with zero attached hydrogens (tertiary/aromatic N) is 1. The molecule has 1 aromatic carbocycles. The van der Waals surface area contributed by atoms with Gasteiger partial charge in [-0.3, -0.25) is 14.5 Å². The molecule has 1 fully saturated rings. The Labute approximate surface area is 209 Å². The molecule has 0 saturated carbocycles. The molecule has 12 heteroatoms. The van der Waals surface area contributed by atoms with E-state index in [1.54, 1.807) is 31.4 Å². The lowest BCUT2D eigenvalue weighted by molar-refractivity contribution is -0.153. The number of esters is 1. The molecule has 184 valence electrons. The topological polar surface area (TPSA) is 137 Å². The number of fused-ring (bicyclic) bond motifs is 1. The van der Waals surface area contributed by atoms with Crippen molar-refractivity contribution in [2.75, 3.05) is 19.5 Å². The number of ether oxygens (including phenoxy) is 3. The summed E-state index contributed by atoms with van der Waals surface area (Å²) in [5.74, 6) is -0.479. The van der Waals surface area contributed by atoms with Gasteiger partial charge in [-0.05, 0) is 29.1 Å². The molecule has 3 amide bonds. The van der Waals surface area contributed by atoms with Crippen molar-refractivity contribution in [2.45, 2.75) is 24.4 Å². The Morgan fingerprint density at radius 1 is 1.14 bits per heavy atom. The van der Waals surface area contributed by atoms with Gasteiger partial charge in [-0.2, -0.15) is 0 Å². The van der Waals surface area contributed by atoms with Crippen molar-refractivity contribution in [3.8, 4) is 5.75 Å². The summed E-state index contributed by atoms with van der Waals surface area (Å²) in [4.78, 5) is 51.8. The Bertz CT molecular complexity index is 1150. The summed E-state index contributed by atoms with van der Waals surface area (Å²) in [5.41, 5.74) is 6.22. The summed E-state index contributed by atoms with van der Waals surface area (Å²) >= 11 is 2.81. The zero-order chi connectivity index (χ0) is 24.9. The molecule has 35 heavy (non-hydrogen) atoms. The smallest absolute Gasteiger partial charge is 0.404 e. The third-order valence-electron chi connectivity index (χ3n) is 5.39. The monoisotopic (exact) mass is 517 g/mol. The highest BCUT2D eigenvalue weighted by molar-refractivity contribution is 8.00. The van der Waals surface area contributed by atoms with Gasteiger partial charge >= 0.3 is 12.1 Å². The summed E-state index contributed by atoms with van der Waals surface area (Å²) in [7, 11) is 1.55. The fourth-order valence-corrected chi connectivity index (χ4v) is 5.71. The predicted octanol–water partition coefficient (Wildman–Crippen LogP) is 1.79. The van der Waals surface area contributed by atoms with Crippen molar-refractivity contribution >= 4 is 47.0 Å². The maximum atomic E-state index is 13.1. The summed E-state index contributed by atoms with van der Waals surface area (Å²) in [5, 5.41) is 4.16. The van der Waals surface area contributed by atoms with Crippen molar-refractivity contribution in [3.63, 3.8) is 0 Å². The van der Waals surface area contributed by atoms with Crippen LogP contribution in [0.4, 0.5) is 4.79 Å². The van der Waals surface area contributed by atoms with Crippen LogP contribution in [0.5, 0.6) is 5.75 Å². The zero-order valence-corrected chi connectivity index (χ0v) is 20.4. The molecule has 1 saturated heterocycles. The molecule has 10 nitrogen and oxygen atoms in total. The molecule has 1 unspecified atom stereocenters. The number of rotatable bonds is 9. The van der Waals surface area contributed by atoms with Crippen LogP contribution in [0.1, 0.15) is 10.4 Å². The van der Waals surface area contributed by atoms with Crippen LogP contribution in [0.15, 0.2) is 53.0 Å². The van der Waals surface area contributed by atoms with E-state index in [9.17, 15) is 19.2 Å². The van der Waals surface area contributed by atoms with Gasteiger partial charge in [0.05, 0.1) is 13.5 Å². The van der Waals surface area contributed by atoms with Crippen molar-refractivity contribution in [1.29, 1.82) is 0 Å². The molecule has 2 aliphatic rings. The van der Waals surface area contributed by atoms with Gasteiger partial charge in [-0.15, -0.1) is 23.1 Å². The Balaban J connectivity index is 1.46. The SMILES string of the molecule is COc1ccc(COC(=O)C2=C(COC(N)=O)CS[C@H]3C(NC(=O)Cc4cccs4)C(=O)N23)cc1. The third-order valence-corrected chi connectivity index (χ3v) is 7.61. The third kappa shape index (κ3) is 5.60. The standard InChI is InChI=1S/C23H23N3O7S2/c1-31-15-6-4-13(5-7-15)10-32-22(29)19-14(11-33-23(24)30)12-35-21-18(20(28)26(19)21)25-17(27)9-16-3-2-8-34-16/h2-8,18,21H,9-12H2,1H3,(H2,24,30)(H,25,27)/t18?,21-/m0/s1. The second kappa shape index (κ2) is 10.8. The highest BCUT2D eigenvalue weighted by atomic mass is 32.2. The van der Waals surface area contributed by atoms with E-state index < -0.39 is 29.4 Å². The van der Waals surface area contributed by atoms with E-state index in [1.165, 1.54) is 28.0 Å². The molecule has 2 aliphatic heterocycles. The molecule has 3 N–H and O–H groups in total. The fraction of sp³-hybridized carbons (Fsp3) is 0.304. The van der Waals surface area contributed by atoms with E-state index in [-0.39, 0.29) is 31.2 Å². The number of amides is 3. The van der Waals surface area contributed by atoms with Crippen LogP contribution in [0.25, 0.3) is 0 Å². The first kappa shape index (κ1) is 24.6. The van der Waals surface area contributed by atoms with Crippen molar-refractivity contribution in [3.05, 3.63) is 63.5 Å². The van der Waals surface area contributed by atoms with Crippen molar-refractivity contribution in [2.24, 2.45) is 5.73 Å². The normalized spacial score (nSPS) is 18.9. The van der Waals surface area contributed by atoms with Gasteiger partial charge in [0.1, 0.15) is 36.1 Å². The summed E-state index contributed by atoms with van der Waals surface area (Å²) in [6, 6.07) is 9.92. The summed E-state index contributed by atoms with van der Waals surface area (Å²) < 4.78 is 15.5. The van der Waals surface area contributed by atoms with Crippen molar-refractivity contribution in [1.82, 2.24) is 10.2 Å².